The lowest BCUT2D eigenvalue weighted by Gasteiger charge is -2.15. The summed E-state index contributed by atoms with van der Waals surface area (Å²) in [6, 6.07) is 17.3. The number of rotatable bonds is 6. The van der Waals surface area contributed by atoms with E-state index in [1.165, 1.54) is 0 Å². The normalized spacial score (nSPS) is 11.7. The molecule has 0 radical (unpaired) electrons. The maximum atomic E-state index is 12.0. The van der Waals surface area contributed by atoms with Crippen molar-refractivity contribution in [3.8, 4) is 5.75 Å². The Bertz CT molecular complexity index is 581. The summed E-state index contributed by atoms with van der Waals surface area (Å²) in [4.78, 5) is 12.0. The van der Waals surface area contributed by atoms with Crippen LogP contribution in [-0.2, 0) is 4.79 Å². The van der Waals surface area contributed by atoms with Crippen LogP contribution in [0.4, 0.5) is 5.69 Å². The molecule has 0 unspecified atom stereocenters. The largest absolute Gasteiger partial charge is 0.484 e. The van der Waals surface area contributed by atoms with Gasteiger partial charge < -0.3 is 10.1 Å². The lowest BCUT2D eigenvalue weighted by atomic mass is 9.97. The molecule has 1 N–H and O–H groups in total. The highest BCUT2D eigenvalue weighted by Crippen LogP contribution is 2.26. The second kappa shape index (κ2) is 7.48. The predicted octanol–water partition coefficient (Wildman–Crippen LogP) is 4.22. The van der Waals surface area contributed by atoms with Gasteiger partial charge in [0.15, 0.2) is 6.61 Å². The van der Waals surface area contributed by atoms with Crippen LogP contribution in [0, 0.1) is 0 Å². The summed E-state index contributed by atoms with van der Waals surface area (Å²) in [6.45, 7) is 4.31. The van der Waals surface area contributed by atoms with Gasteiger partial charge >= 0.3 is 0 Å². The number of hydrogen-bond acceptors (Lipinski definition) is 2. The molecule has 21 heavy (non-hydrogen) atoms. The predicted molar refractivity (Wildman–Crippen MR) is 85.7 cm³/mol. The number of nitrogens with one attached hydrogen (secondary N) is 1. The van der Waals surface area contributed by atoms with E-state index in [1.54, 1.807) is 0 Å². The number of carbonyl (C=O) groups excluding carboxylic acids is 1. The SMILES string of the molecule is CC[C@@H](C)c1ccccc1NC(=O)COc1ccccc1. The highest BCUT2D eigenvalue weighted by Gasteiger charge is 2.11. The van der Waals surface area contributed by atoms with Crippen LogP contribution in [0.25, 0.3) is 0 Å². The Morgan fingerprint density at radius 2 is 1.76 bits per heavy atom. The molecule has 0 aromatic heterocycles. The molecule has 0 heterocycles. The van der Waals surface area contributed by atoms with Crippen molar-refractivity contribution in [3.63, 3.8) is 0 Å². The Labute approximate surface area is 126 Å². The first kappa shape index (κ1) is 15.1. The minimum Gasteiger partial charge on any atom is -0.484 e. The number of benzene rings is 2. The summed E-state index contributed by atoms with van der Waals surface area (Å²) >= 11 is 0. The van der Waals surface area contributed by atoms with Crippen LogP contribution < -0.4 is 10.1 Å². The maximum absolute atomic E-state index is 12.0. The minimum absolute atomic E-state index is 0.0128. The van der Waals surface area contributed by atoms with Crippen molar-refractivity contribution in [2.24, 2.45) is 0 Å². The maximum Gasteiger partial charge on any atom is 0.262 e. The Balaban J connectivity index is 1.97. The van der Waals surface area contributed by atoms with Gasteiger partial charge in [-0.1, -0.05) is 50.2 Å². The number of amides is 1. The van der Waals surface area contributed by atoms with Gasteiger partial charge in [-0.25, -0.2) is 0 Å². The van der Waals surface area contributed by atoms with Crippen LogP contribution in [0.2, 0.25) is 0 Å². The first-order valence-electron chi connectivity index (χ1n) is 7.27. The van der Waals surface area contributed by atoms with Gasteiger partial charge in [0, 0.05) is 5.69 Å². The van der Waals surface area contributed by atoms with E-state index in [0.717, 1.165) is 17.7 Å². The monoisotopic (exact) mass is 283 g/mol. The van der Waals surface area contributed by atoms with E-state index < -0.39 is 0 Å². The Hall–Kier alpha value is -2.29. The Morgan fingerprint density at radius 3 is 2.48 bits per heavy atom. The minimum atomic E-state index is -0.144. The molecule has 0 aliphatic heterocycles. The van der Waals surface area contributed by atoms with E-state index in [1.807, 2.05) is 48.5 Å². The van der Waals surface area contributed by atoms with E-state index in [2.05, 4.69) is 25.2 Å². The molecule has 1 atom stereocenters. The third-order valence-corrected chi connectivity index (χ3v) is 3.49. The topological polar surface area (TPSA) is 38.3 Å². The molecule has 2 rings (SSSR count). The van der Waals surface area contributed by atoms with Gasteiger partial charge in [0.25, 0.3) is 5.91 Å². The summed E-state index contributed by atoms with van der Waals surface area (Å²) < 4.78 is 5.45. The fourth-order valence-corrected chi connectivity index (χ4v) is 2.11. The van der Waals surface area contributed by atoms with Crippen molar-refractivity contribution in [2.75, 3.05) is 11.9 Å². The first-order valence-corrected chi connectivity index (χ1v) is 7.27. The fourth-order valence-electron chi connectivity index (χ4n) is 2.11. The second-order valence-corrected chi connectivity index (χ2v) is 5.05. The van der Waals surface area contributed by atoms with Crippen LogP contribution in [0.15, 0.2) is 54.6 Å². The summed E-state index contributed by atoms with van der Waals surface area (Å²) in [6.07, 6.45) is 1.04. The highest BCUT2D eigenvalue weighted by atomic mass is 16.5. The molecule has 110 valence electrons. The van der Waals surface area contributed by atoms with Gasteiger partial charge in [-0.2, -0.15) is 0 Å². The van der Waals surface area contributed by atoms with E-state index in [-0.39, 0.29) is 12.5 Å². The molecule has 1 amide bonds. The molecule has 0 saturated carbocycles. The molecule has 0 aliphatic carbocycles. The van der Waals surface area contributed by atoms with Crippen molar-refractivity contribution in [1.82, 2.24) is 0 Å². The summed E-state index contributed by atoms with van der Waals surface area (Å²) in [5, 5.41) is 2.93. The van der Waals surface area contributed by atoms with Crippen LogP contribution in [0.5, 0.6) is 5.75 Å². The molecule has 2 aromatic carbocycles. The fraction of sp³-hybridized carbons (Fsp3) is 0.278. The van der Waals surface area contributed by atoms with Crippen LogP contribution in [-0.4, -0.2) is 12.5 Å². The van der Waals surface area contributed by atoms with Crippen molar-refractivity contribution in [1.29, 1.82) is 0 Å². The van der Waals surface area contributed by atoms with Gasteiger partial charge in [0.2, 0.25) is 0 Å². The second-order valence-electron chi connectivity index (χ2n) is 5.05. The molecular formula is C18H21NO2. The Kier molecular flexibility index (Phi) is 5.38. The average molecular weight is 283 g/mol. The molecule has 0 spiro atoms. The van der Waals surface area contributed by atoms with E-state index in [0.29, 0.717) is 11.7 Å². The van der Waals surface area contributed by atoms with E-state index >= 15 is 0 Å². The number of para-hydroxylation sites is 2. The summed E-state index contributed by atoms with van der Waals surface area (Å²) in [7, 11) is 0. The van der Waals surface area contributed by atoms with Crippen molar-refractivity contribution in [2.45, 2.75) is 26.2 Å². The third-order valence-electron chi connectivity index (χ3n) is 3.49. The zero-order chi connectivity index (χ0) is 15.1. The standard InChI is InChI=1S/C18H21NO2/c1-3-14(2)16-11-7-8-12-17(16)19-18(20)13-21-15-9-5-4-6-10-15/h4-12,14H,3,13H2,1-2H3,(H,19,20)/t14-/m1/s1. The van der Waals surface area contributed by atoms with E-state index in [9.17, 15) is 4.79 Å². The molecule has 0 saturated heterocycles. The molecule has 3 heteroatoms. The molecule has 3 nitrogen and oxygen atoms in total. The summed E-state index contributed by atoms with van der Waals surface area (Å²) in [5.74, 6) is 0.967. The number of hydrogen-bond donors (Lipinski definition) is 1. The lowest BCUT2D eigenvalue weighted by molar-refractivity contribution is -0.118. The molecule has 2 aromatic rings. The first-order chi connectivity index (χ1) is 10.2. The third kappa shape index (κ3) is 4.35. The summed E-state index contributed by atoms with van der Waals surface area (Å²) in [5.41, 5.74) is 2.03. The molecule has 0 fully saturated rings. The van der Waals surface area contributed by atoms with Crippen LogP contribution >= 0.6 is 0 Å². The van der Waals surface area contributed by atoms with Crippen molar-refractivity contribution in [3.05, 3.63) is 60.2 Å². The number of carbonyl (C=O) groups is 1. The van der Waals surface area contributed by atoms with Crippen LogP contribution in [0.1, 0.15) is 31.7 Å². The van der Waals surface area contributed by atoms with Gasteiger partial charge in [-0.15, -0.1) is 0 Å². The highest BCUT2D eigenvalue weighted by molar-refractivity contribution is 5.92. The van der Waals surface area contributed by atoms with E-state index in [4.69, 9.17) is 4.74 Å². The lowest BCUT2D eigenvalue weighted by Crippen LogP contribution is -2.21. The zero-order valence-corrected chi connectivity index (χ0v) is 12.5. The van der Waals surface area contributed by atoms with Crippen molar-refractivity contribution >= 4 is 11.6 Å². The Morgan fingerprint density at radius 1 is 1.10 bits per heavy atom. The van der Waals surface area contributed by atoms with Gasteiger partial charge in [-0.3, -0.25) is 4.79 Å². The molecule has 0 bridgehead atoms. The number of ether oxygens (including phenoxy) is 1. The molecular weight excluding hydrogens is 262 g/mol. The van der Waals surface area contributed by atoms with Gasteiger partial charge in [-0.05, 0) is 36.1 Å². The molecule has 0 aliphatic rings. The average Bonchev–Trinajstić information content (AvgIpc) is 2.54. The smallest absolute Gasteiger partial charge is 0.262 e. The van der Waals surface area contributed by atoms with Crippen LogP contribution in [0.3, 0.4) is 0 Å². The number of anilines is 1. The van der Waals surface area contributed by atoms with Gasteiger partial charge in [0.05, 0.1) is 0 Å². The van der Waals surface area contributed by atoms with Gasteiger partial charge in [0.1, 0.15) is 5.75 Å². The zero-order valence-electron chi connectivity index (χ0n) is 12.5. The quantitative estimate of drug-likeness (QED) is 0.862. The van der Waals surface area contributed by atoms with Crippen molar-refractivity contribution < 1.29 is 9.53 Å².